The molecule has 0 aromatic carbocycles. The van der Waals surface area contributed by atoms with Crippen molar-refractivity contribution in [2.75, 3.05) is 26.3 Å². The number of aryl methyl sites for hydroxylation is 2. The summed E-state index contributed by atoms with van der Waals surface area (Å²) < 4.78 is 5.30. The fraction of sp³-hybridized carbons (Fsp3) is 0.733. The molecule has 1 aromatic heterocycles. The lowest BCUT2D eigenvalue weighted by atomic mass is 9.94. The van der Waals surface area contributed by atoms with E-state index >= 15 is 0 Å². The molecule has 3 N–H and O–H groups in total. The van der Waals surface area contributed by atoms with Gasteiger partial charge >= 0.3 is 0 Å². The summed E-state index contributed by atoms with van der Waals surface area (Å²) in [4.78, 5) is 10.3. The maximum absolute atomic E-state index is 10.5. The van der Waals surface area contributed by atoms with E-state index in [4.69, 9.17) is 4.74 Å². The highest BCUT2D eigenvalue weighted by Gasteiger charge is 2.29. The van der Waals surface area contributed by atoms with Gasteiger partial charge < -0.3 is 20.5 Å². The second kappa shape index (κ2) is 9.75. The van der Waals surface area contributed by atoms with Crippen LogP contribution in [0.2, 0.25) is 0 Å². The monoisotopic (exact) mass is 454 g/mol. The van der Waals surface area contributed by atoms with Crippen LogP contribution < -0.4 is 10.6 Å². The number of thiazole rings is 1. The van der Waals surface area contributed by atoms with E-state index in [9.17, 15) is 5.11 Å². The number of aliphatic imine (C=N–C) groups is 1. The van der Waals surface area contributed by atoms with Crippen LogP contribution in [0.25, 0.3) is 0 Å². The van der Waals surface area contributed by atoms with Gasteiger partial charge in [0.25, 0.3) is 0 Å². The average Bonchev–Trinajstić information content (AvgIpc) is 2.81. The number of rotatable bonds is 5. The molecule has 2 rings (SSSR count). The number of nitrogens with zero attached hydrogens (tertiary/aromatic N) is 2. The summed E-state index contributed by atoms with van der Waals surface area (Å²) in [6, 6.07) is 0. The Bertz CT molecular complexity index is 496. The smallest absolute Gasteiger partial charge is 0.191 e. The van der Waals surface area contributed by atoms with Crippen LogP contribution in [0.15, 0.2) is 4.99 Å². The van der Waals surface area contributed by atoms with Crippen LogP contribution in [-0.4, -0.2) is 48.0 Å². The highest BCUT2D eigenvalue weighted by Crippen LogP contribution is 2.19. The normalized spacial score (nSPS) is 17.5. The lowest BCUT2D eigenvalue weighted by Crippen LogP contribution is -2.49. The third kappa shape index (κ3) is 6.52. The summed E-state index contributed by atoms with van der Waals surface area (Å²) in [5.74, 6) is 0.716. The molecule has 1 fully saturated rings. The molecule has 0 saturated carbocycles. The van der Waals surface area contributed by atoms with Gasteiger partial charge in [0.2, 0.25) is 0 Å². The molecule has 8 heteroatoms. The molecule has 0 aliphatic carbocycles. The number of nitrogens with one attached hydrogen (secondary N) is 2. The van der Waals surface area contributed by atoms with Crippen molar-refractivity contribution in [3.63, 3.8) is 0 Å². The second-order valence-corrected chi connectivity index (χ2v) is 6.92. The minimum absolute atomic E-state index is 0. The van der Waals surface area contributed by atoms with Gasteiger partial charge in [-0.1, -0.05) is 0 Å². The molecule has 1 aromatic rings. The molecule has 132 valence electrons. The molecular weight excluding hydrogens is 427 g/mol. The van der Waals surface area contributed by atoms with Gasteiger partial charge in [-0.3, -0.25) is 0 Å². The maximum Gasteiger partial charge on any atom is 0.191 e. The van der Waals surface area contributed by atoms with Crippen molar-refractivity contribution in [2.45, 2.75) is 45.8 Å². The number of ether oxygens (including phenoxy) is 1. The zero-order chi connectivity index (χ0) is 16.0. The molecule has 6 nitrogen and oxygen atoms in total. The number of hydrogen-bond donors (Lipinski definition) is 3. The van der Waals surface area contributed by atoms with Crippen LogP contribution in [0, 0.1) is 13.8 Å². The maximum atomic E-state index is 10.5. The average molecular weight is 454 g/mol. The summed E-state index contributed by atoms with van der Waals surface area (Å²) >= 11 is 1.68. The van der Waals surface area contributed by atoms with Gasteiger partial charge in [0.1, 0.15) is 5.01 Å². The Morgan fingerprint density at radius 2 is 2.04 bits per heavy atom. The number of halogens is 1. The van der Waals surface area contributed by atoms with Gasteiger partial charge in [-0.05, 0) is 20.8 Å². The summed E-state index contributed by atoms with van der Waals surface area (Å²) in [6.07, 6.45) is 1.31. The van der Waals surface area contributed by atoms with Gasteiger partial charge in [-0.2, -0.15) is 0 Å². The Balaban J connectivity index is 0.00000264. The van der Waals surface area contributed by atoms with Crippen molar-refractivity contribution in [1.82, 2.24) is 15.6 Å². The molecule has 1 aliphatic rings. The number of hydrogen-bond acceptors (Lipinski definition) is 5. The predicted octanol–water partition coefficient (Wildman–Crippen LogP) is 1.97. The van der Waals surface area contributed by atoms with Crippen LogP contribution in [-0.2, 0) is 11.3 Å². The van der Waals surface area contributed by atoms with Crippen molar-refractivity contribution in [3.8, 4) is 0 Å². The molecule has 2 heterocycles. The first-order valence-electron chi connectivity index (χ1n) is 7.77. The third-order valence-electron chi connectivity index (χ3n) is 3.80. The highest BCUT2D eigenvalue weighted by molar-refractivity contribution is 14.0. The first-order valence-corrected chi connectivity index (χ1v) is 8.59. The lowest BCUT2D eigenvalue weighted by molar-refractivity contribution is -0.0594. The van der Waals surface area contributed by atoms with E-state index in [1.807, 2.05) is 13.8 Å². The van der Waals surface area contributed by atoms with E-state index in [2.05, 4.69) is 27.5 Å². The fourth-order valence-corrected chi connectivity index (χ4v) is 3.13. The fourth-order valence-electron chi connectivity index (χ4n) is 2.27. The molecule has 0 radical (unpaired) electrons. The van der Waals surface area contributed by atoms with E-state index in [1.54, 1.807) is 11.3 Å². The quantitative estimate of drug-likeness (QED) is 0.360. The van der Waals surface area contributed by atoms with E-state index in [0.717, 1.165) is 17.2 Å². The standard InChI is InChI=1S/C15H26N4O2S.HI/c1-4-16-14(17-9-13-19-11(2)12(3)22-13)18-10-15(20)5-7-21-8-6-15;/h20H,4-10H2,1-3H3,(H2,16,17,18);1H. The van der Waals surface area contributed by atoms with Gasteiger partial charge in [0.15, 0.2) is 5.96 Å². The Morgan fingerprint density at radius 1 is 1.35 bits per heavy atom. The summed E-state index contributed by atoms with van der Waals surface area (Å²) in [5.41, 5.74) is 0.368. The SMILES string of the molecule is CCNC(=NCc1nc(C)c(C)s1)NCC1(O)CCOCC1.I. The Hall–Kier alpha value is -0.450. The molecule has 0 atom stereocenters. The Kier molecular flexibility index (Phi) is 8.73. The van der Waals surface area contributed by atoms with Gasteiger partial charge in [0, 0.05) is 44.0 Å². The topological polar surface area (TPSA) is 78.8 Å². The lowest BCUT2D eigenvalue weighted by Gasteiger charge is -2.32. The van der Waals surface area contributed by atoms with Crippen LogP contribution in [0.1, 0.15) is 35.3 Å². The van der Waals surface area contributed by atoms with E-state index in [0.29, 0.717) is 45.1 Å². The molecule has 23 heavy (non-hydrogen) atoms. The van der Waals surface area contributed by atoms with E-state index < -0.39 is 5.60 Å². The van der Waals surface area contributed by atoms with Crippen LogP contribution in [0.5, 0.6) is 0 Å². The van der Waals surface area contributed by atoms with Crippen molar-refractivity contribution in [1.29, 1.82) is 0 Å². The second-order valence-electron chi connectivity index (χ2n) is 5.63. The Morgan fingerprint density at radius 3 is 2.61 bits per heavy atom. The Labute approximate surface area is 159 Å². The molecule has 1 saturated heterocycles. The zero-order valence-corrected chi connectivity index (χ0v) is 17.2. The molecular formula is C15H27IN4O2S. The minimum Gasteiger partial charge on any atom is -0.388 e. The molecule has 0 unspecified atom stereocenters. The first kappa shape index (κ1) is 20.6. The van der Waals surface area contributed by atoms with Crippen molar-refractivity contribution in [3.05, 3.63) is 15.6 Å². The molecule has 1 aliphatic heterocycles. The number of guanidine groups is 1. The van der Waals surface area contributed by atoms with Gasteiger partial charge in [-0.15, -0.1) is 35.3 Å². The van der Waals surface area contributed by atoms with Crippen molar-refractivity contribution >= 4 is 41.3 Å². The summed E-state index contributed by atoms with van der Waals surface area (Å²) in [7, 11) is 0. The van der Waals surface area contributed by atoms with Gasteiger partial charge in [0.05, 0.1) is 17.8 Å². The largest absolute Gasteiger partial charge is 0.388 e. The molecule has 0 bridgehead atoms. The number of aromatic nitrogens is 1. The third-order valence-corrected chi connectivity index (χ3v) is 4.86. The summed E-state index contributed by atoms with van der Waals surface area (Å²) in [6.45, 7) is 9.16. The predicted molar refractivity (Wildman–Crippen MR) is 105 cm³/mol. The molecule has 0 amide bonds. The molecule has 0 spiro atoms. The zero-order valence-electron chi connectivity index (χ0n) is 14.0. The summed E-state index contributed by atoms with van der Waals surface area (Å²) in [5, 5.41) is 17.9. The van der Waals surface area contributed by atoms with Crippen molar-refractivity contribution in [2.24, 2.45) is 4.99 Å². The highest BCUT2D eigenvalue weighted by atomic mass is 127. The van der Waals surface area contributed by atoms with Crippen LogP contribution >= 0.6 is 35.3 Å². The van der Waals surface area contributed by atoms with Crippen LogP contribution in [0.3, 0.4) is 0 Å². The minimum atomic E-state index is -0.706. The van der Waals surface area contributed by atoms with Gasteiger partial charge in [-0.25, -0.2) is 9.98 Å². The van der Waals surface area contributed by atoms with E-state index in [-0.39, 0.29) is 24.0 Å². The first-order chi connectivity index (χ1) is 10.5. The van der Waals surface area contributed by atoms with Crippen molar-refractivity contribution < 1.29 is 9.84 Å². The van der Waals surface area contributed by atoms with E-state index in [1.165, 1.54) is 4.88 Å². The number of aliphatic hydroxyl groups is 1. The van der Waals surface area contributed by atoms with Crippen LogP contribution in [0.4, 0.5) is 0 Å².